The second kappa shape index (κ2) is 5.58. The van der Waals surface area contributed by atoms with E-state index < -0.39 is 0 Å². The smallest absolute Gasteiger partial charge is 0.121 e. The summed E-state index contributed by atoms with van der Waals surface area (Å²) in [4.78, 5) is 0. The van der Waals surface area contributed by atoms with E-state index in [0.717, 1.165) is 17.7 Å². The Kier molecular flexibility index (Phi) is 4.39. The van der Waals surface area contributed by atoms with E-state index in [2.05, 4.69) is 5.32 Å². The van der Waals surface area contributed by atoms with E-state index >= 15 is 0 Å². The number of hydrogen-bond donors (Lipinski definition) is 2. The predicted octanol–water partition coefficient (Wildman–Crippen LogP) is 1.01. The van der Waals surface area contributed by atoms with Gasteiger partial charge in [-0.05, 0) is 24.7 Å². The van der Waals surface area contributed by atoms with Crippen molar-refractivity contribution in [1.29, 1.82) is 0 Å². The minimum atomic E-state index is -0.00324. The Bertz CT molecular complexity index is 311. The molecule has 1 aromatic carbocycles. The van der Waals surface area contributed by atoms with Crippen molar-refractivity contribution < 1.29 is 9.47 Å². The Labute approximate surface area is 90.4 Å². The molecule has 0 heterocycles. The molecule has 1 unspecified atom stereocenters. The number of anilines is 1. The Morgan fingerprint density at radius 3 is 2.60 bits per heavy atom. The van der Waals surface area contributed by atoms with E-state index in [-0.39, 0.29) is 6.23 Å². The number of ether oxygens (including phenoxy) is 2. The summed E-state index contributed by atoms with van der Waals surface area (Å²) in [7, 11) is 5.16. The molecule has 0 aliphatic carbocycles. The van der Waals surface area contributed by atoms with Crippen LogP contribution < -0.4 is 15.8 Å². The van der Waals surface area contributed by atoms with Crippen LogP contribution in [0.3, 0.4) is 0 Å². The number of rotatable bonds is 5. The van der Waals surface area contributed by atoms with Gasteiger partial charge in [0, 0.05) is 25.3 Å². The van der Waals surface area contributed by atoms with Crippen molar-refractivity contribution in [2.45, 2.75) is 12.6 Å². The van der Waals surface area contributed by atoms with Gasteiger partial charge in [0.05, 0.1) is 7.11 Å². The van der Waals surface area contributed by atoms with Gasteiger partial charge in [-0.3, -0.25) is 5.32 Å². The molecule has 4 nitrogen and oxygen atoms in total. The third kappa shape index (κ3) is 3.42. The molecular weight excluding hydrogens is 192 g/mol. The van der Waals surface area contributed by atoms with Gasteiger partial charge in [0.2, 0.25) is 0 Å². The summed E-state index contributed by atoms with van der Waals surface area (Å²) in [5, 5.41) is 3.05. The van der Waals surface area contributed by atoms with Crippen LogP contribution in [-0.4, -0.2) is 27.5 Å². The van der Waals surface area contributed by atoms with Crippen molar-refractivity contribution in [1.82, 2.24) is 5.32 Å². The van der Waals surface area contributed by atoms with E-state index in [9.17, 15) is 0 Å². The predicted molar refractivity (Wildman–Crippen MR) is 61.0 cm³/mol. The number of methoxy groups -OCH3 is 2. The second-order valence-corrected chi connectivity index (χ2v) is 3.33. The molecule has 0 saturated carbocycles. The Morgan fingerprint density at radius 1 is 1.33 bits per heavy atom. The highest BCUT2D eigenvalue weighted by Crippen LogP contribution is 2.19. The summed E-state index contributed by atoms with van der Waals surface area (Å²) < 4.78 is 10.4. The zero-order valence-corrected chi connectivity index (χ0v) is 9.41. The van der Waals surface area contributed by atoms with Crippen LogP contribution in [0.1, 0.15) is 5.56 Å². The Hall–Kier alpha value is -1.26. The molecule has 1 rings (SSSR count). The zero-order valence-electron chi connectivity index (χ0n) is 9.41. The van der Waals surface area contributed by atoms with E-state index in [1.807, 2.05) is 19.2 Å². The van der Waals surface area contributed by atoms with Crippen LogP contribution in [0.15, 0.2) is 18.2 Å². The van der Waals surface area contributed by atoms with Gasteiger partial charge < -0.3 is 15.2 Å². The molecule has 1 atom stereocenters. The lowest BCUT2D eigenvalue weighted by molar-refractivity contribution is 0.0812. The molecule has 84 valence electrons. The van der Waals surface area contributed by atoms with Crippen molar-refractivity contribution in [3.63, 3.8) is 0 Å². The summed E-state index contributed by atoms with van der Waals surface area (Å²) in [6.45, 7) is 0. The van der Waals surface area contributed by atoms with Crippen LogP contribution >= 0.6 is 0 Å². The number of benzene rings is 1. The molecule has 0 saturated heterocycles. The summed E-state index contributed by atoms with van der Waals surface area (Å²) in [5.41, 5.74) is 7.55. The molecule has 1 aromatic rings. The Morgan fingerprint density at radius 2 is 2.07 bits per heavy atom. The highest BCUT2D eigenvalue weighted by molar-refractivity contribution is 5.47. The standard InChI is InChI=1S/C11H18N2O2/c1-13-11(15-3)6-8-4-9(12)7-10(5-8)14-2/h4-5,7,11,13H,6,12H2,1-3H3. The van der Waals surface area contributed by atoms with Crippen LogP contribution in [0.5, 0.6) is 5.75 Å². The summed E-state index contributed by atoms with van der Waals surface area (Å²) in [5.74, 6) is 0.774. The van der Waals surface area contributed by atoms with Crippen LogP contribution in [0.2, 0.25) is 0 Å². The largest absolute Gasteiger partial charge is 0.497 e. The van der Waals surface area contributed by atoms with Gasteiger partial charge in [-0.2, -0.15) is 0 Å². The summed E-state index contributed by atoms with van der Waals surface area (Å²) in [6.07, 6.45) is 0.755. The topological polar surface area (TPSA) is 56.5 Å². The zero-order chi connectivity index (χ0) is 11.3. The molecule has 0 aliphatic rings. The second-order valence-electron chi connectivity index (χ2n) is 3.33. The number of likely N-dealkylation sites (N-methyl/N-ethyl adjacent to an activating group) is 1. The van der Waals surface area contributed by atoms with Crippen LogP contribution in [0, 0.1) is 0 Å². The van der Waals surface area contributed by atoms with Crippen molar-refractivity contribution >= 4 is 5.69 Å². The maximum atomic E-state index is 5.75. The fourth-order valence-electron chi connectivity index (χ4n) is 1.44. The lowest BCUT2D eigenvalue weighted by Gasteiger charge is -2.15. The Balaban J connectivity index is 2.79. The van der Waals surface area contributed by atoms with Gasteiger partial charge >= 0.3 is 0 Å². The molecule has 0 bridgehead atoms. The molecule has 0 radical (unpaired) electrons. The quantitative estimate of drug-likeness (QED) is 0.562. The first-order valence-corrected chi connectivity index (χ1v) is 4.83. The lowest BCUT2D eigenvalue weighted by atomic mass is 10.1. The number of nitrogens with two attached hydrogens (primary N) is 1. The normalized spacial score (nSPS) is 12.5. The molecule has 0 aromatic heterocycles. The highest BCUT2D eigenvalue weighted by atomic mass is 16.5. The van der Waals surface area contributed by atoms with Crippen LogP contribution in [0.4, 0.5) is 5.69 Å². The van der Waals surface area contributed by atoms with Gasteiger partial charge in [-0.15, -0.1) is 0 Å². The summed E-state index contributed by atoms with van der Waals surface area (Å²) >= 11 is 0. The lowest BCUT2D eigenvalue weighted by Crippen LogP contribution is -2.29. The van der Waals surface area contributed by atoms with E-state index in [4.69, 9.17) is 15.2 Å². The van der Waals surface area contributed by atoms with Gasteiger partial charge in [-0.25, -0.2) is 0 Å². The SMILES string of the molecule is CNC(Cc1cc(N)cc(OC)c1)OC. The molecule has 4 heteroatoms. The van der Waals surface area contributed by atoms with Crippen molar-refractivity contribution in [3.05, 3.63) is 23.8 Å². The number of nitrogen functional groups attached to an aromatic ring is 1. The number of hydrogen-bond acceptors (Lipinski definition) is 4. The fraction of sp³-hybridized carbons (Fsp3) is 0.455. The summed E-state index contributed by atoms with van der Waals surface area (Å²) in [6, 6.07) is 5.68. The van der Waals surface area contributed by atoms with Gasteiger partial charge in [0.1, 0.15) is 12.0 Å². The molecule has 3 N–H and O–H groups in total. The molecule has 0 spiro atoms. The third-order valence-electron chi connectivity index (χ3n) is 2.25. The van der Waals surface area contributed by atoms with Gasteiger partial charge in [0.25, 0.3) is 0 Å². The molecule has 0 fully saturated rings. The molecule has 0 aliphatic heterocycles. The van der Waals surface area contributed by atoms with Gasteiger partial charge in [0.15, 0.2) is 0 Å². The van der Waals surface area contributed by atoms with E-state index in [1.165, 1.54) is 0 Å². The molecular formula is C11H18N2O2. The first kappa shape index (κ1) is 11.8. The molecule has 0 amide bonds. The van der Waals surface area contributed by atoms with E-state index in [0.29, 0.717) is 5.69 Å². The van der Waals surface area contributed by atoms with Gasteiger partial charge in [-0.1, -0.05) is 0 Å². The van der Waals surface area contributed by atoms with Crippen LogP contribution in [0.25, 0.3) is 0 Å². The van der Waals surface area contributed by atoms with Crippen molar-refractivity contribution in [3.8, 4) is 5.75 Å². The first-order chi connectivity index (χ1) is 7.19. The van der Waals surface area contributed by atoms with Crippen LogP contribution in [-0.2, 0) is 11.2 Å². The first-order valence-electron chi connectivity index (χ1n) is 4.83. The minimum Gasteiger partial charge on any atom is -0.497 e. The molecule has 15 heavy (non-hydrogen) atoms. The average Bonchev–Trinajstić information content (AvgIpc) is 2.25. The van der Waals surface area contributed by atoms with Crippen molar-refractivity contribution in [2.75, 3.05) is 27.0 Å². The number of nitrogens with one attached hydrogen (secondary N) is 1. The average molecular weight is 210 g/mol. The van der Waals surface area contributed by atoms with Crippen molar-refractivity contribution in [2.24, 2.45) is 0 Å². The minimum absolute atomic E-state index is 0.00324. The van der Waals surface area contributed by atoms with E-state index in [1.54, 1.807) is 20.3 Å². The third-order valence-corrected chi connectivity index (χ3v) is 2.25. The highest BCUT2D eigenvalue weighted by Gasteiger charge is 2.06. The monoisotopic (exact) mass is 210 g/mol. The maximum absolute atomic E-state index is 5.75. The fourth-order valence-corrected chi connectivity index (χ4v) is 1.44. The maximum Gasteiger partial charge on any atom is 0.121 e.